The molecule has 0 saturated heterocycles. The quantitative estimate of drug-likeness (QED) is 0.575. The highest BCUT2D eigenvalue weighted by atomic mass is 16.6. The molecule has 1 aromatic rings. The number of nitro groups is 1. The molecular formula is C12H21N5O2. The Kier molecular flexibility index (Phi) is 4.04. The third-order valence-corrected chi connectivity index (χ3v) is 3.53. The molecule has 2 rings (SSSR count). The maximum absolute atomic E-state index is 11.3. The van der Waals surface area contributed by atoms with E-state index in [1.807, 2.05) is 6.92 Å². The topological polar surface area (TPSA) is 99.0 Å². The van der Waals surface area contributed by atoms with E-state index in [1.54, 1.807) is 11.7 Å². The number of nitrogens with zero attached hydrogens (tertiary/aromatic N) is 3. The van der Waals surface area contributed by atoms with Crippen LogP contribution in [0.25, 0.3) is 0 Å². The van der Waals surface area contributed by atoms with Crippen LogP contribution in [0.3, 0.4) is 0 Å². The van der Waals surface area contributed by atoms with Crippen LogP contribution < -0.4 is 11.1 Å². The van der Waals surface area contributed by atoms with Crippen molar-refractivity contribution < 1.29 is 4.92 Å². The van der Waals surface area contributed by atoms with Gasteiger partial charge in [0.05, 0.1) is 4.92 Å². The van der Waals surface area contributed by atoms with Gasteiger partial charge in [0.15, 0.2) is 0 Å². The highest BCUT2D eigenvalue weighted by Gasteiger charge is 2.34. The first-order valence-corrected chi connectivity index (χ1v) is 6.75. The fourth-order valence-electron chi connectivity index (χ4n) is 2.37. The Morgan fingerprint density at radius 1 is 1.63 bits per heavy atom. The Hall–Kier alpha value is -1.63. The Bertz CT molecular complexity index is 467. The summed E-state index contributed by atoms with van der Waals surface area (Å²) in [7, 11) is 1.73. The van der Waals surface area contributed by atoms with E-state index in [0.717, 1.165) is 19.3 Å². The zero-order chi connectivity index (χ0) is 14.0. The van der Waals surface area contributed by atoms with E-state index >= 15 is 0 Å². The molecule has 19 heavy (non-hydrogen) atoms. The van der Waals surface area contributed by atoms with E-state index < -0.39 is 0 Å². The molecule has 0 bridgehead atoms. The largest absolute Gasteiger partial charge is 0.360 e. The molecule has 1 aliphatic rings. The fourth-order valence-corrected chi connectivity index (χ4v) is 2.37. The molecule has 1 atom stereocenters. The molecule has 0 aromatic carbocycles. The minimum atomic E-state index is -0.346. The number of hydrogen-bond acceptors (Lipinski definition) is 5. The number of aryl methyl sites for hydroxylation is 2. The zero-order valence-corrected chi connectivity index (χ0v) is 11.4. The highest BCUT2D eigenvalue weighted by Crippen LogP contribution is 2.36. The molecule has 7 heteroatoms. The van der Waals surface area contributed by atoms with E-state index in [2.05, 4.69) is 10.4 Å². The van der Waals surface area contributed by atoms with Gasteiger partial charge >= 0.3 is 5.69 Å². The highest BCUT2D eigenvalue weighted by molar-refractivity contribution is 5.60. The number of nitrogens with two attached hydrogens (primary N) is 1. The zero-order valence-electron chi connectivity index (χ0n) is 11.4. The maximum atomic E-state index is 11.3. The van der Waals surface area contributed by atoms with Crippen molar-refractivity contribution in [2.24, 2.45) is 18.7 Å². The molecule has 0 aliphatic heterocycles. The average molecular weight is 267 g/mol. The van der Waals surface area contributed by atoms with E-state index in [-0.39, 0.29) is 16.7 Å². The number of nitrogens with one attached hydrogen (secondary N) is 1. The summed E-state index contributed by atoms with van der Waals surface area (Å²) >= 11 is 0. The lowest BCUT2D eigenvalue weighted by Crippen LogP contribution is -2.31. The van der Waals surface area contributed by atoms with E-state index in [0.29, 0.717) is 30.4 Å². The van der Waals surface area contributed by atoms with Crippen molar-refractivity contribution in [3.05, 3.63) is 15.8 Å². The van der Waals surface area contributed by atoms with Gasteiger partial charge in [-0.25, -0.2) is 4.68 Å². The molecule has 0 radical (unpaired) electrons. The van der Waals surface area contributed by atoms with Crippen LogP contribution in [-0.4, -0.2) is 27.3 Å². The lowest BCUT2D eigenvalue weighted by atomic mass is 10.2. The summed E-state index contributed by atoms with van der Waals surface area (Å²) in [5.41, 5.74) is 6.39. The van der Waals surface area contributed by atoms with E-state index in [1.165, 1.54) is 0 Å². The molecular weight excluding hydrogens is 246 g/mol. The fraction of sp³-hybridized carbons (Fsp3) is 0.750. The Labute approximate surface area is 112 Å². The van der Waals surface area contributed by atoms with Crippen molar-refractivity contribution in [1.82, 2.24) is 9.78 Å². The van der Waals surface area contributed by atoms with Gasteiger partial charge in [-0.05, 0) is 25.2 Å². The summed E-state index contributed by atoms with van der Waals surface area (Å²) in [5.74, 6) is 1.02. The Morgan fingerprint density at radius 2 is 2.32 bits per heavy atom. The standard InChI is InChI=1S/C12H21N5O2/c1-3-4-9-11(17(18)19)12(16(2)15-9)14-10(7-13)8-5-6-8/h8,10,14H,3-7,13H2,1-2H3. The second-order valence-electron chi connectivity index (χ2n) is 5.10. The van der Waals surface area contributed by atoms with Gasteiger partial charge in [-0.1, -0.05) is 13.3 Å². The maximum Gasteiger partial charge on any atom is 0.334 e. The van der Waals surface area contributed by atoms with Crippen LogP contribution in [-0.2, 0) is 13.5 Å². The minimum absolute atomic E-state index is 0.100. The first kappa shape index (κ1) is 13.8. The predicted molar refractivity (Wildman–Crippen MR) is 73.0 cm³/mol. The molecule has 1 aromatic heterocycles. The molecule has 1 saturated carbocycles. The van der Waals surface area contributed by atoms with E-state index in [4.69, 9.17) is 5.73 Å². The SMILES string of the molecule is CCCc1nn(C)c(NC(CN)C2CC2)c1[N+](=O)[O-]. The predicted octanol–water partition coefficient (Wildman–Crippen LogP) is 1.43. The van der Waals surface area contributed by atoms with E-state index in [9.17, 15) is 10.1 Å². The van der Waals surface area contributed by atoms with Gasteiger partial charge in [0.25, 0.3) is 0 Å². The Morgan fingerprint density at radius 3 is 2.79 bits per heavy atom. The summed E-state index contributed by atoms with van der Waals surface area (Å²) in [6.07, 6.45) is 3.73. The molecule has 0 amide bonds. The molecule has 1 heterocycles. The molecule has 1 unspecified atom stereocenters. The number of aromatic nitrogens is 2. The molecule has 7 nitrogen and oxygen atoms in total. The molecule has 3 N–H and O–H groups in total. The Balaban J connectivity index is 2.29. The summed E-state index contributed by atoms with van der Waals surface area (Å²) in [5, 5.41) is 18.7. The summed E-state index contributed by atoms with van der Waals surface area (Å²) < 4.78 is 1.56. The second-order valence-corrected chi connectivity index (χ2v) is 5.10. The molecule has 106 valence electrons. The van der Waals surface area contributed by atoms with Crippen molar-refractivity contribution in [2.75, 3.05) is 11.9 Å². The van der Waals surface area contributed by atoms with Crippen LogP contribution in [0.15, 0.2) is 0 Å². The van der Waals surface area contributed by atoms with Gasteiger partial charge in [-0.2, -0.15) is 5.10 Å². The van der Waals surface area contributed by atoms with Crippen LogP contribution in [0.1, 0.15) is 31.9 Å². The third kappa shape index (κ3) is 2.86. The lowest BCUT2D eigenvalue weighted by Gasteiger charge is -2.16. The number of rotatable bonds is 7. The van der Waals surface area contributed by atoms with Gasteiger partial charge in [0, 0.05) is 19.6 Å². The van der Waals surface area contributed by atoms with Gasteiger partial charge in [-0.15, -0.1) is 0 Å². The lowest BCUT2D eigenvalue weighted by molar-refractivity contribution is -0.384. The monoisotopic (exact) mass is 267 g/mol. The normalized spacial score (nSPS) is 16.4. The summed E-state index contributed by atoms with van der Waals surface area (Å²) in [6, 6.07) is 0.101. The average Bonchev–Trinajstić information content (AvgIpc) is 3.13. The molecule has 1 aliphatic carbocycles. The van der Waals surface area contributed by atoms with Crippen LogP contribution in [0.4, 0.5) is 11.5 Å². The van der Waals surface area contributed by atoms with Crippen LogP contribution in [0, 0.1) is 16.0 Å². The second kappa shape index (κ2) is 5.56. The third-order valence-electron chi connectivity index (χ3n) is 3.53. The summed E-state index contributed by atoms with van der Waals surface area (Å²) in [6.45, 7) is 2.47. The van der Waals surface area contributed by atoms with Crippen molar-refractivity contribution in [3.8, 4) is 0 Å². The van der Waals surface area contributed by atoms with Crippen LogP contribution in [0.2, 0.25) is 0 Å². The first-order valence-electron chi connectivity index (χ1n) is 6.75. The van der Waals surface area contributed by atoms with Gasteiger partial charge in [0.2, 0.25) is 5.82 Å². The smallest absolute Gasteiger partial charge is 0.334 e. The van der Waals surface area contributed by atoms with Crippen molar-refractivity contribution in [2.45, 2.75) is 38.6 Å². The van der Waals surface area contributed by atoms with Crippen LogP contribution >= 0.6 is 0 Å². The van der Waals surface area contributed by atoms with Crippen molar-refractivity contribution in [3.63, 3.8) is 0 Å². The van der Waals surface area contributed by atoms with Crippen LogP contribution in [0.5, 0.6) is 0 Å². The first-order chi connectivity index (χ1) is 9.08. The molecule has 1 fully saturated rings. The molecule has 0 spiro atoms. The van der Waals surface area contributed by atoms with Crippen molar-refractivity contribution >= 4 is 11.5 Å². The minimum Gasteiger partial charge on any atom is -0.360 e. The van der Waals surface area contributed by atoms with Gasteiger partial charge < -0.3 is 11.1 Å². The van der Waals surface area contributed by atoms with Gasteiger partial charge in [-0.3, -0.25) is 10.1 Å². The van der Waals surface area contributed by atoms with Crippen molar-refractivity contribution in [1.29, 1.82) is 0 Å². The number of anilines is 1. The van der Waals surface area contributed by atoms with Gasteiger partial charge in [0.1, 0.15) is 5.69 Å². The number of hydrogen-bond donors (Lipinski definition) is 2. The summed E-state index contributed by atoms with van der Waals surface area (Å²) in [4.78, 5) is 10.9.